The van der Waals surface area contributed by atoms with Gasteiger partial charge in [0.1, 0.15) is 0 Å². The Morgan fingerprint density at radius 3 is 1.67 bits per heavy atom. The lowest BCUT2D eigenvalue weighted by atomic mass is 9.73. The van der Waals surface area contributed by atoms with Crippen molar-refractivity contribution in [2.75, 3.05) is 0 Å². The Morgan fingerprint density at radius 1 is 0.667 bits per heavy atom. The molecule has 1 heteroatoms. The third-order valence-corrected chi connectivity index (χ3v) is 4.93. The fourth-order valence-electron chi connectivity index (χ4n) is 3.16. The summed E-state index contributed by atoms with van der Waals surface area (Å²) in [6.45, 7) is 4.00. The van der Waals surface area contributed by atoms with E-state index in [-0.39, 0.29) is 0 Å². The van der Waals surface area contributed by atoms with Crippen LogP contribution in [-0.2, 0) is 0 Å². The second-order valence-electron chi connectivity index (χ2n) is 4.91. The van der Waals surface area contributed by atoms with E-state index in [1.54, 1.807) is 0 Å². The van der Waals surface area contributed by atoms with Gasteiger partial charge in [-0.3, -0.25) is 0 Å². The standard InChI is InChI=1S/C12H21Br.C2H6/c13-12-8-6-11(7-9-12)10-4-2-1-3-5-10;1-2/h10-12H,1-9H2;1-2H3. The summed E-state index contributed by atoms with van der Waals surface area (Å²) in [4.78, 5) is 0.840. The smallest absolute Gasteiger partial charge is 0.0146 e. The molecule has 0 aromatic carbocycles. The molecule has 0 aliphatic heterocycles. The van der Waals surface area contributed by atoms with Crippen molar-refractivity contribution in [3.63, 3.8) is 0 Å². The Bertz CT molecular complexity index is 141. The van der Waals surface area contributed by atoms with E-state index in [1.165, 1.54) is 57.8 Å². The molecule has 0 heterocycles. The summed E-state index contributed by atoms with van der Waals surface area (Å²) >= 11 is 3.74. The molecule has 0 aromatic heterocycles. The highest BCUT2D eigenvalue weighted by Crippen LogP contribution is 2.39. The van der Waals surface area contributed by atoms with E-state index < -0.39 is 0 Å². The maximum atomic E-state index is 3.74. The minimum Gasteiger partial charge on any atom is -0.0891 e. The van der Waals surface area contributed by atoms with Gasteiger partial charge in [0.05, 0.1) is 0 Å². The van der Waals surface area contributed by atoms with E-state index in [4.69, 9.17) is 0 Å². The highest BCUT2D eigenvalue weighted by molar-refractivity contribution is 9.09. The van der Waals surface area contributed by atoms with Gasteiger partial charge in [0.25, 0.3) is 0 Å². The zero-order valence-corrected chi connectivity index (χ0v) is 12.1. The zero-order chi connectivity index (χ0) is 11.1. The van der Waals surface area contributed by atoms with E-state index in [1.807, 2.05) is 13.8 Å². The van der Waals surface area contributed by atoms with Gasteiger partial charge in [-0.1, -0.05) is 61.9 Å². The Hall–Kier alpha value is 0.480. The average Bonchev–Trinajstić information content (AvgIpc) is 2.34. The van der Waals surface area contributed by atoms with Gasteiger partial charge >= 0.3 is 0 Å². The van der Waals surface area contributed by atoms with Crippen molar-refractivity contribution in [2.24, 2.45) is 11.8 Å². The molecule has 0 unspecified atom stereocenters. The largest absolute Gasteiger partial charge is 0.0891 e. The number of halogens is 1. The third kappa shape index (κ3) is 4.46. The minimum absolute atomic E-state index is 0.840. The van der Waals surface area contributed by atoms with Crippen LogP contribution >= 0.6 is 15.9 Å². The molecule has 90 valence electrons. The van der Waals surface area contributed by atoms with Crippen LogP contribution in [0.15, 0.2) is 0 Å². The summed E-state index contributed by atoms with van der Waals surface area (Å²) in [5.74, 6) is 2.20. The molecule has 15 heavy (non-hydrogen) atoms. The summed E-state index contributed by atoms with van der Waals surface area (Å²) in [5, 5.41) is 0. The number of hydrogen-bond acceptors (Lipinski definition) is 0. The Labute approximate surface area is 104 Å². The zero-order valence-electron chi connectivity index (χ0n) is 10.5. The van der Waals surface area contributed by atoms with Gasteiger partial charge in [-0.15, -0.1) is 0 Å². The topological polar surface area (TPSA) is 0 Å². The highest BCUT2D eigenvalue weighted by Gasteiger charge is 2.27. The SMILES string of the molecule is BrC1CCC(C2CCCCC2)CC1.CC. The van der Waals surface area contributed by atoms with Crippen LogP contribution in [0.25, 0.3) is 0 Å². The molecular weight excluding hydrogens is 248 g/mol. The third-order valence-electron chi connectivity index (χ3n) is 4.02. The summed E-state index contributed by atoms with van der Waals surface area (Å²) in [6, 6.07) is 0. The van der Waals surface area contributed by atoms with Crippen LogP contribution in [0.3, 0.4) is 0 Å². The van der Waals surface area contributed by atoms with Crippen LogP contribution in [-0.4, -0.2) is 4.83 Å². The highest BCUT2D eigenvalue weighted by atomic mass is 79.9. The summed E-state index contributed by atoms with van der Waals surface area (Å²) in [6.07, 6.45) is 13.5. The van der Waals surface area contributed by atoms with Crippen molar-refractivity contribution < 1.29 is 0 Å². The molecule has 2 saturated carbocycles. The Morgan fingerprint density at radius 2 is 1.13 bits per heavy atom. The summed E-state index contributed by atoms with van der Waals surface area (Å²) in [7, 11) is 0. The maximum Gasteiger partial charge on any atom is 0.0146 e. The van der Waals surface area contributed by atoms with Gasteiger partial charge in [0.2, 0.25) is 0 Å². The number of rotatable bonds is 1. The van der Waals surface area contributed by atoms with E-state index >= 15 is 0 Å². The molecule has 0 N–H and O–H groups in total. The van der Waals surface area contributed by atoms with Gasteiger partial charge in [0.15, 0.2) is 0 Å². The van der Waals surface area contributed by atoms with Crippen molar-refractivity contribution in [1.29, 1.82) is 0 Å². The van der Waals surface area contributed by atoms with Gasteiger partial charge in [-0.05, 0) is 37.5 Å². The van der Waals surface area contributed by atoms with Crippen LogP contribution < -0.4 is 0 Å². The lowest BCUT2D eigenvalue weighted by Gasteiger charge is -2.34. The van der Waals surface area contributed by atoms with Gasteiger partial charge in [0, 0.05) is 4.83 Å². The van der Waals surface area contributed by atoms with Crippen molar-refractivity contribution in [3.05, 3.63) is 0 Å². The first-order valence-corrected chi connectivity index (χ1v) is 7.92. The van der Waals surface area contributed by atoms with Crippen LogP contribution in [0.1, 0.15) is 71.6 Å². The van der Waals surface area contributed by atoms with Crippen molar-refractivity contribution in [1.82, 2.24) is 0 Å². The van der Waals surface area contributed by atoms with Crippen LogP contribution in [0.2, 0.25) is 0 Å². The fraction of sp³-hybridized carbons (Fsp3) is 1.00. The molecule has 2 rings (SSSR count). The second-order valence-corrected chi connectivity index (χ2v) is 6.21. The van der Waals surface area contributed by atoms with Gasteiger partial charge in [-0.25, -0.2) is 0 Å². The first kappa shape index (κ1) is 13.5. The lowest BCUT2D eigenvalue weighted by molar-refractivity contribution is 0.199. The minimum atomic E-state index is 0.840. The van der Waals surface area contributed by atoms with Crippen molar-refractivity contribution in [2.45, 2.75) is 76.5 Å². The number of hydrogen-bond donors (Lipinski definition) is 0. The summed E-state index contributed by atoms with van der Waals surface area (Å²) in [5.41, 5.74) is 0. The number of alkyl halides is 1. The molecule has 2 aliphatic rings. The second kappa shape index (κ2) is 7.70. The molecule has 0 aromatic rings. The first-order valence-electron chi connectivity index (χ1n) is 7.00. The molecule has 0 radical (unpaired) electrons. The molecule has 0 nitrogen and oxygen atoms in total. The van der Waals surface area contributed by atoms with E-state index in [0.717, 1.165) is 16.7 Å². The summed E-state index contributed by atoms with van der Waals surface area (Å²) < 4.78 is 0. The molecule has 2 aliphatic carbocycles. The van der Waals surface area contributed by atoms with Crippen LogP contribution in [0.4, 0.5) is 0 Å². The van der Waals surface area contributed by atoms with E-state index in [9.17, 15) is 0 Å². The Balaban J connectivity index is 0.000000531. The van der Waals surface area contributed by atoms with Crippen LogP contribution in [0.5, 0.6) is 0 Å². The van der Waals surface area contributed by atoms with Crippen LogP contribution in [0, 0.1) is 11.8 Å². The maximum absolute atomic E-state index is 3.74. The average molecular weight is 275 g/mol. The Kier molecular flexibility index (Phi) is 6.96. The molecule has 0 bridgehead atoms. The van der Waals surface area contributed by atoms with Crippen molar-refractivity contribution >= 4 is 15.9 Å². The van der Waals surface area contributed by atoms with Gasteiger partial charge < -0.3 is 0 Å². The van der Waals surface area contributed by atoms with E-state index in [0.29, 0.717) is 0 Å². The molecule has 0 amide bonds. The monoisotopic (exact) mass is 274 g/mol. The predicted octanol–water partition coefficient (Wildman–Crippen LogP) is 5.55. The fourth-order valence-corrected chi connectivity index (χ4v) is 3.68. The normalized spacial score (nSPS) is 33.0. The molecule has 0 spiro atoms. The van der Waals surface area contributed by atoms with Crippen molar-refractivity contribution in [3.8, 4) is 0 Å². The first-order chi connectivity index (χ1) is 7.36. The lowest BCUT2D eigenvalue weighted by Crippen LogP contribution is -2.23. The molecule has 2 fully saturated rings. The molecule has 0 saturated heterocycles. The predicted molar refractivity (Wildman–Crippen MR) is 72.6 cm³/mol. The van der Waals surface area contributed by atoms with Gasteiger partial charge in [-0.2, -0.15) is 0 Å². The molecule has 0 atom stereocenters. The quantitative estimate of drug-likeness (QED) is 0.551. The molecular formula is C14H27Br. The van der Waals surface area contributed by atoms with E-state index in [2.05, 4.69) is 15.9 Å².